The third-order valence-electron chi connectivity index (χ3n) is 14.2. The van der Waals surface area contributed by atoms with Crippen LogP contribution in [0, 0.1) is 0 Å². The Balaban J connectivity index is 1.32. The van der Waals surface area contributed by atoms with E-state index in [9.17, 15) is 98.4 Å². The highest BCUT2D eigenvalue weighted by Gasteiger charge is 2.27. The summed E-state index contributed by atoms with van der Waals surface area (Å²) in [5, 5.41) is 97.2. The molecule has 4 aromatic rings. The van der Waals surface area contributed by atoms with Crippen molar-refractivity contribution in [2.45, 2.75) is 49.9 Å². The second-order valence-corrected chi connectivity index (χ2v) is 21.5. The minimum absolute atomic E-state index is 0.00652. The fraction of sp³-hybridized carbons (Fsp3) is 0.400. The monoisotopic (exact) mass is 1280 g/mol. The number of amides is 8. The van der Waals surface area contributed by atoms with Gasteiger partial charge in [-0.1, -0.05) is 48.5 Å². The number of nitrogens with zero attached hydrogens (tertiary/aromatic N) is 4. The molecule has 0 unspecified atom stereocenters. The number of hydrogen-bond donors (Lipinski definition) is 16. The Morgan fingerprint density at radius 2 is 0.446 bits per heavy atom. The van der Waals surface area contributed by atoms with Gasteiger partial charge < -0.3 is 83.4 Å². The van der Waals surface area contributed by atoms with Gasteiger partial charge in [-0.15, -0.1) is 0 Å². The minimum atomic E-state index is -1.41. The Bertz CT molecular complexity index is 2760. The first-order valence-corrected chi connectivity index (χ1v) is 28.9. The summed E-state index contributed by atoms with van der Waals surface area (Å²) in [6.45, 7) is -4.29. The summed E-state index contributed by atoms with van der Waals surface area (Å²) in [5.74, 6) is -11.9. The zero-order valence-electron chi connectivity index (χ0n) is 50.0. The van der Waals surface area contributed by atoms with Crippen molar-refractivity contribution in [3.8, 4) is 23.0 Å². The summed E-state index contributed by atoms with van der Waals surface area (Å²) in [6, 6.07) is 16.9. The van der Waals surface area contributed by atoms with E-state index >= 15 is 0 Å². The van der Waals surface area contributed by atoms with E-state index < -0.39 is 148 Å². The Hall–Kier alpha value is -10.4. The normalized spacial score (nSPS) is 14.8. The number of nitrogens with one attached hydrogen (secondary N) is 8. The van der Waals surface area contributed by atoms with Crippen molar-refractivity contribution in [1.29, 1.82) is 0 Å². The zero-order chi connectivity index (χ0) is 67.3. The van der Waals surface area contributed by atoms with Crippen LogP contribution < -0.4 is 42.5 Å². The first-order chi connectivity index (χ1) is 43.7. The molecule has 32 heteroatoms. The van der Waals surface area contributed by atoms with Gasteiger partial charge in [-0.3, -0.25) is 58.0 Å². The lowest BCUT2D eigenvalue weighted by molar-refractivity contribution is -0.142. The summed E-state index contributed by atoms with van der Waals surface area (Å²) in [6.07, 6.45) is -0.620. The number of phenols is 4. The maximum atomic E-state index is 13.6. The quantitative estimate of drug-likeness (QED) is 0.0220. The lowest BCUT2D eigenvalue weighted by Crippen LogP contribution is -2.53. The SMILES string of the molecule is O=C(CN1CCN(CC(=O)NCC(=O)N[C@@H](Cc2ccc(O)cc2)C(=O)O)CCN(CC(=O)NCC(=O)N[C@@H](Cc2ccc(O)cc2)C(=O)O)CCN(CC(=O)NCC(=O)N[C@@H](Cc2ccc(O)cc2)C(=O)O)CC1)NCC(=O)N[C@@H](Cc1ccc(O)cc1)C(=O)O. The number of carbonyl (C=O) groups excluding carboxylic acids is 8. The number of aromatic hydroxyl groups is 4. The molecular weight excluding hydrogens is 1210 g/mol. The van der Waals surface area contributed by atoms with E-state index in [4.69, 9.17) is 0 Å². The van der Waals surface area contributed by atoms with E-state index in [0.29, 0.717) is 22.3 Å². The molecule has 1 aliphatic rings. The maximum Gasteiger partial charge on any atom is 0.326 e. The number of hydrogen-bond acceptors (Lipinski definition) is 20. The van der Waals surface area contributed by atoms with Gasteiger partial charge in [0.15, 0.2) is 0 Å². The molecule has 0 aliphatic carbocycles. The average Bonchev–Trinajstić information content (AvgIpc) is 2.27. The molecule has 496 valence electrons. The molecule has 4 aromatic carbocycles. The number of aliphatic carboxylic acids is 4. The predicted molar refractivity (Wildman–Crippen MR) is 323 cm³/mol. The predicted octanol–water partition coefficient (Wildman–Crippen LogP) is -4.26. The van der Waals surface area contributed by atoms with E-state index in [0.717, 1.165) is 0 Å². The Morgan fingerprint density at radius 3 is 0.598 bits per heavy atom. The number of carboxylic acid groups (broad SMARTS) is 4. The van der Waals surface area contributed by atoms with E-state index in [1.54, 1.807) is 19.6 Å². The van der Waals surface area contributed by atoms with Crippen LogP contribution in [0.15, 0.2) is 97.1 Å². The highest BCUT2D eigenvalue weighted by Crippen LogP contribution is 2.15. The fourth-order valence-corrected chi connectivity index (χ4v) is 9.22. The molecule has 0 bridgehead atoms. The first kappa shape index (κ1) is 72.3. The van der Waals surface area contributed by atoms with Crippen LogP contribution in [0.1, 0.15) is 22.3 Å². The van der Waals surface area contributed by atoms with E-state index in [1.165, 1.54) is 97.1 Å². The van der Waals surface area contributed by atoms with Crippen LogP contribution in [-0.4, -0.2) is 260 Å². The molecule has 0 radical (unpaired) electrons. The zero-order valence-corrected chi connectivity index (χ0v) is 50.0. The number of phenolic OH excluding ortho intramolecular Hbond substituents is 4. The Kier molecular flexibility index (Phi) is 29.0. The van der Waals surface area contributed by atoms with E-state index in [1.807, 2.05) is 0 Å². The van der Waals surface area contributed by atoms with Gasteiger partial charge in [0.25, 0.3) is 0 Å². The summed E-state index contributed by atoms with van der Waals surface area (Å²) in [7, 11) is 0. The van der Waals surface area contributed by atoms with Crippen LogP contribution in [0.3, 0.4) is 0 Å². The van der Waals surface area contributed by atoms with Gasteiger partial charge in [-0.2, -0.15) is 0 Å². The second kappa shape index (κ2) is 36.9. The first-order valence-electron chi connectivity index (χ1n) is 28.9. The molecule has 32 nitrogen and oxygen atoms in total. The van der Waals surface area contributed by atoms with Gasteiger partial charge in [-0.25, -0.2) is 19.2 Å². The average molecular weight is 1290 g/mol. The van der Waals surface area contributed by atoms with Crippen molar-refractivity contribution in [2.24, 2.45) is 0 Å². The summed E-state index contributed by atoms with van der Waals surface area (Å²) < 4.78 is 0. The summed E-state index contributed by atoms with van der Waals surface area (Å²) >= 11 is 0. The Morgan fingerprint density at radius 1 is 0.283 bits per heavy atom. The van der Waals surface area contributed by atoms with Gasteiger partial charge in [0.05, 0.1) is 52.4 Å². The van der Waals surface area contributed by atoms with Crippen LogP contribution in [0.4, 0.5) is 0 Å². The van der Waals surface area contributed by atoms with Crippen LogP contribution in [0.2, 0.25) is 0 Å². The molecule has 0 spiro atoms. The van der Waals surface area contributed by atoms with Crippen molar-refractivity contribution in [2.75, 3.05) is 105 Å². The third-order valence-corrected chi connectivity index (χ3v) is 14.2. The van der Waals surface area contributed by atoms with E-state index in [2.05, 4.69) is 42.5 Å². The molecule has 1 heterocycles. The topological polar surface area (TPSA) is 476 Å². The molecule has 16 N–H and O–H groups in total. The van der Waals surface area contributed by atoms with Gasteiger partial charge >= 0.3 is 23.9 Å². The molecule has 8 amide bonds. The number of rotatable bonds is 32. The van der Waals surface area contributed by atoms with Gasteiger partial charge in [-0.05, 0) is 70.8 Å². The van der Waals surface area contributed by atoms with Crippen molar-refractivity contribution in [1.82, 2.24) is 62.1 Å². The molecule has 1 aliphatic heterocycles. The molecule has 1 saturated heterocycles. The molecule has 0 aromatic heterocycles. The molecular formula is C60H76N12O20. The van der Waals surface area contributed by atoms with Gasteiger partial charge in [0.1, 0.15) is 47.2 Å². The standard InChI is InChI=1S/C60H76N12O20/c73-41-9-1-37(2-10-41)25-45(57(85)86)65-49(77)29-61-53(81)33-69-17-19-70(34-54(82)62-30-50(78)66-46(58(87)88)26-38-3-11-42(74)12-4-38)21-23-72(36-56(84)64-32-52(80)68-48(60(91)92)28-40-7-15-44(76)16-8-40)24-22-71(20-18-69)35-55(83)63-31-51(79)67-47(59(89)90)27-39-5-13-43(75)14-6-39/h1-16,45-48,73-76H,17-36H2,(H,61,81)(H,62,82)(H,63,83)(H,64,84)(H,65,77)(H,66,78)(H,67,79)(H,68,80)(H,85,86)(H,87,88)(H,89,90)(H,91,92)/t45-,46-,47-,48-/m0/s1. The third kappa shape index (κ3) is 27.5. The fourth-order valence-electron chi connectivity index (χ4n) is 9.22. The molecule has 4 atom stereocenters. The number of carbonyl (C=O) groups is 12. The second-order valence-electron chi connectivity index (χ2n) is 21.5. The molecule has 0 saturated carbocycles. The van der Waals surface area contributed by atoms with Crippen LogP contribution in [0.5, 0.6) is 23.0 Å². The maximum absolute atomic E-state index is 13.6. The van der Waals surface area contributed by atoms with Crippen molar-refractivity contribution in [3.05, 3.63) is 119 Å². The Labute approximate surface area is 526 Å². The molecule has 5 rings (SSSR count). The highest BCUT2D eigenvalue weighted by atomic mass is 16.4. The van der Waals surface area contributed by atoms with Crippen molar-refractivity contribution in [3.63, 3.8) is 0 Å². The lowest BCUT2D eigenvalue weighted by atomic mass is 10.1. The van der Waals surface area contributed by atoms with Crippen LogP contribution in [0.25, 0.3) is 0 Å². The van der Waals surface area contributed by atoms with Crippen molar-refractivity contribution < 1.29 is 98.4 Å². The van der Waals surface area contributed by atoms with E-state index in [-0.39, 0.29) is 101 Å². The van der Waals surface area contributed by atoms with Crippen molar-refractivity contribution >= 4 is 71.1 Å². The van der Waals surface area contributed by atoms with Crippen LogP contribution in [-0.2, 0) is 83.2 Å². The summed E-state index contributed by atoms with van der Waals surface area (Å²) in [4.78, 5) is 161. The van der Waals surface area contributed by atoms with Crippen LogP contribution >= 0.6 is 0 Å². The van der Waals surface area contributed by atoms with Gasteiger partial charge in [0.2, 0.25) is 47.3 Å². The smallest absolute Gasteiger partial charge is 0.326 e. The number of carboxylic acids is 4. The number of benzene rings is 4. The molecule has 1 fully saturated rings. The van der Waals surface area contributed by atoms with Gasteiger partial charge in [0, 0.05) is 78.0 Å². The highest BCUT2D eigenvalue weighted by molar-refractivity contribution is 5.91. The summed E-state index contributed by atoms with van der Waals surface area (Å²) in [5.41, 5.74) is 1.93. The lowest BCUT2D eigenvalue weighted by Gasteiger charge is -2.33. The minimum Gasteiger partial charge on any atom is -0.508 e. The molecule has 92 heavy (non-hydrogen) atoms. The largest absolute Gasteiger partial charge is 0.508 e.